The quantitative estimate of drug-likeness (QED) is 0.619. The van der Waals surface area contributed by atoms with E-state index in [1.165, 1.54) is 23.9 Å². The number of alkyl halides is 3. The van der Waals surface area contributed by atoms with Crippen LogP contribution in [-0.4, -0.2) is 0 Å². The SMILES string of the molecule is Nc1cccc(Cl)c1SCc1ccccc1C(F)(F)F. The van der Waals surface area contributed by atoms with E-state index in [9.17, 15) is 13.2 Å². The Bertz CT molecular complexity index is 593. The predicted molar refractivity (Wildman–Crippen MR) is 76.9 cm³/mol. The molecule has 0 atom stereocenters. The summed E-state index contributed by atoms with van der Waals surface area (Å²) in [6.07, 6.45) is -4.36. The minimum atomic E-state index is -4.36. The second kappa shape index (κ2) is 5.97. The van der Waals surface area contributed by atoms with E-state index in [0.717, 1.165) is 6.07 Å². The van der Waals surface area contributed by atoms with Crippen LogP contribution in [0.2, 0.25) is 5.02 Å². The van der Waals surface area contributed by atoms with Crippen LogP contribution in [0.15, 0.2) is 47.4 Å². The van der Waals surface area contributed by atoms with E-state index in [-0.39, 0.29) is 11.3 Å². The largest absolute Gasteiger partial charge is 0.416 e. The van der Waals surface area contributed by atoms with E-state index < -0.39 is 11.7 Å². The minimum absolute atomic E-state index is 0.156. The molecular formula is C14H11ClF3NS. The topological polar surface area (TPSA) is 26.0 Å². The number of nitrogens with two attached hydrogens (primary N) is 1. The fourth-order valence-electron chi connectivity index (χ4n) is 1.75. The van der Waals surface area contributed by atoms with Gasteiger partial charge in [0.1, 0.15) is 0 Å². The molecule has 0 aromatic heterocycles. The third-order valence-corrected chi connectivity index (χ3v) is 4.32. The second-order valence-electron chi connectivity index (χ2n) is 4.10. The highest BCUT2D eigenvalue weighted by molar-refractivity contribution is 7.98. The molecule has 20 heavy (non-hydrogen) atoms. The van der Waals surface area contributed by atoms with Crippen molar-refractivity contribution in [1.29, 1.82) is 0 Å². The summed E-state index contributed by atoms with van der Waals surface area (Å²) in [6.45, 7) is 0. The molecular weight excluding hydrogens is 307 g/mol. The van der Waals surface area contributed by atoms with Gasteiger partial charge in [0.25, 0.3) is 0 Å². The first kappa shape index (κ1) is 15.1. The Morgan fingerprint density at radius 2 is 1.75 bits per heavy atom. The Morgan fingerprint density at radius 3 is 2.40 bits per heavy atom. The maximum Gasteiger partial charge on any atom is 0.416 e. The van der Waals surface area contributed by atoms with Gasteiger partial charge in [-0.15, -0.1) is 11.8 Å². The number of rotatable bonds is 3. The second-order valence-corrected chi connectivity index (χ2v) is 5.49. The number of halogens is 4. The molecule has 0 unspecified atom stereocenters. The molecule has 0 radical (unpaired) electrons. The number of anilines is 1. The molecule has 106 valence electrons. The third kappa shape index (κ3) is 3.41. The molecule has 0 aliphatic carbocycles. The highest BCUT2D eigenvalue weighted by atomic mass is 35.5. The van der Waals surface area contributed by atoms with Crippen LogP contribution in [0.5, 0.6) is 0 Å². The maximum atomic E-state index is 12.9. The van der Waals surface area contributed by atoms with Crippen LogP contribution in [0.1, 0.15) is 11.1 Å². The summed E-state index contributed by atoms with van der Waals surface area (Å²) in [5.74, 6) is 0.156. The number of hydrogen-bond donors (Lipinski definition) is 1. The summed E-state index contributed by atoms with van der Waals surface area (Å²) in [4.78, 5) is 0.603. The zero-order chi connectivity index (χ0) is 14.8. The van der Waals surface area contributed by atoms with Crippen LogP contribution >= 0.6 is 23.4 Å². The van der Waals surface area contributed by atoms with Gasteiger partial charge >= 0.3 is 6.18 Å². The van der Waals surface area contributed by atoms with Gasteiger partial charge in [-0.05, 0) is 23.8 Å². The molecule has 0 fully saturated rings. The van der Waals surface area contributed by atoms with Crippen molar-refractivity contribution >= 4 is 29.1 Å². The molecule has 2 aromatic rings. The lowest BCUT2D eigenvalue weighted by atomic mass is 10.1. The molecule has 0 aliphatic rings. The van der Waals surface area contributed by atoms with E-state index in [4.69, 9.17) is 17.3 Å². The van der Waals surface area contributed by atoms with Crippen LogP contribution in [-0.2, 0) is 11.9 Å². The maximum absolute atomic E-state index is 12.9. The summed E-state index contributed by atoms with van der Waals surface area (Å²) in [7, 11) is 0. The fourth-order valence-corrected chi connectivity index (χ4v) is 3.09. The van der Waals surface area contributed by atoms with Gasteiger partial charge in [0.2, 0.25) is 0 Å². The molecule has 6 heteroatoms. The van der Waals surface area contributed by atoms with Gasteiger partial charge < -0.3 is 5.73 Å². The van der Waals surface area contributed by atoms with Crippen LogP contribution in [0.25, 0.3) is 0 Å². The summed E-state index contributed by atoms with van der Waals surface area (Å²) < 4.78 is 38.6. The molecule has 0 heterocycles. The first-order valence-electron chi connectivity index (χ1n) is 5.71. The van der Waals surface area contributed by atoms with E-state index in [1.807, 2.05) is 0 Å². The fraction of sp³-hybridized carbons (Fsp3) is 0.143. The van der Waals surface area contributed by atoms with Crippen molar-refractivity contribution < 1.29 is 13.2 Å². The molecule has 2 rings (SSSR count). The first-order chi connectivity index (χ1) is 9.39. The van der Waals surface area contributed by atoms with Gasteiger partial charge in [-0.25, -0.2) is 0 Å². The number of benzene rings is 2. The lowest BCUT2D eigenvalue weighted by Gasteiger charge is -2.13. The van der Waals surface area contributed by atoms with Crippen molar-refractivity contribution in [2.45, 2.75) is 16.8 Å². The lowest BCUT2D eigenvalue weighted by Crippen LogP contribution is -2.08. The van der Waals surface area contributed by atoms with Crippen molar-refractivity contribution in [1.82, 2.24) is 0 Å². The average Bonchev–Trinajstić information content (AvgIpc) is 2.37. The van der Waals surface area contributed by atoms with Gasteiger partial charge in [0.05, 0.1) is 10.6 Å². The van der Waals surface area contributed by atoms with Crippen molar-refractivity contribution in [2.75, 3.05) is 5.73 Å². The Morgan fingerprint density at radius 1 is 1.05 bits per heavy atom. The lowest BCUT2D eigenvalue weighted by molar-refractivity contribution is -0.138. The summed E-state index contributed by atoms with van der Waals surface area (Å²) in [5.41, 5.74) is 5.83. The molecule has 0 saturated heterocycles. The Kier molecular flexibility index (Phi) is 4.50. The smallest absolute Gasteiger partial charge is 0.398 e. The third-order valence-electron chi connectivity index (χ3n) is 2.69. The van der Waals surface area contributed by atoms with Crippen molar-refractivity contribution in [3.05, 3.63) is 58.6 Å². The number of nitrogen functional groups attached to an aromatic ring is 1. The van der Waals surface area contributed by atoms with Crippen LogP contribution in [0.3, 0.4) is 0 Å². The number of hydrogen-bond acceptors (Lipinski definition) is 2. The van der Waals surface area contributed by atoms with E-state index in [0.29, 0.717) is 15.6 Å². The zero-order valence-corrected chi connectivity index (χ0v) is 11.8. The molecule has 2 aromatic carbocycles. The van der Waals surface area contributed by atoms with Crippen LogP contribution in [0, 0.1) is 0 Å². The summed E-state index contributed by atoms with van der Waals surface area (Å²) in [5, 5.41) is 0.444. The van der Waals surface area contributed by atoms with E-state index >= 15 is 0 Å². The first-order valence-corrected chi connectivity index (χ1v) is 7.08. The zero-order valence-electron chi connectivity index (χ0n) is 10.2. The number of thioether (sulfide) groups is 1. The highest BCUT2D eigenvalue weighted by Crippen LogP contribution is 2.38. The Balaban J connectivity index is 2.24. The summed E-state index contributed by atoms with van der Waals surface area (Å²) in [6, 6.07) is 10.5. The van der Waals surface area contributed by atoms with Gasteiger partial charge in [-0.2, -0.15) is 13.2 Å². The normalized spacial score (nSPS) is 11.6. The molecule has 0 bridgehead atoms. The predicted octanol–water partition coefficient (Wildman–Crippen LogP) is 5.23. The highest BCUT2D eigenvalue weighted by Gasteiger charge is 2.32. The Hall–Kier alpha value is -1.33. The van der Waals surface area contributed by atoms with E-state index in [1.54, 1.807) is 24.3 Å². The summed E-state index contributed by atoms with van der Waals surface area (Å²) >= 11 is 7.20. The van der Waals surface area contributed by atoms with Gasteiger partial charge in [0.15, 0.2) is 0 Å². The minimum Gasteiger partial charge on any atom is -0.398 e. The Labute approximate surface area is 123 Å². The molecule has 1 nitrogen and oxygen atoms in total. The van der Waals surface area contributed by atoms with Crippen molar-refractivity contribution in [3.8, 4) is 0 Å². The monoisotopic (exact) mass is 317 g/mol. The average molecular weight is 318 g/mol. The molecule has 0 amide bonds. The van der Waals surface area contributed by atoms with Crippen LogP contribution in [0.4, 0.5) is 18.9 Å². The van der Waals surface area contributed by atoms with Crippen molar-refractivity contribution in [2.24, 2.45) is 0 Å². The molecule has 2 N–H and O–H groups in total. The standard InChI is InChI=1S/C14H11ClF3NS/c15-11-6-3-7-12(19)13(11)20-8-9-4-1-2-5-10(9)14(16,17)18/h1-7H,8,19H2. The van der Waals surface area contributed by atoms with Gasteiger partial charge in [0, 0.05) is 16.3 Å². The van der Waals surface area contributed by atoms with Crippen LogP contribution < -0.4 is 5.73 Å². The van der Waals surface area contributed by atoms with Gasteiger partial charge in [-0.3, -0.25) is 0 Å². The molecule has 0 aliphatic heterocycles. The van der Waals surface area contributed by atoms with Gasteiger partial charge in [-0.1, -0.05) is 35.9 Å². The van der Waals surface area contributed by atoms with E-state index in [2.05, 4.69) is 0 Å². The molecule has 0 saturated carbocycles. The van der Waals surface area contributed by atoms with Crippen molar-refractivity contribution in [3.63, 3.8) is 0 Å². The molecule has 0 spiro atoms.